The summed E-state index contributed by atoms with van der Waals surface area (Å²) >= 11 is 0. The number of hydrogen-bond donors (Lipinski definition) is 1. The van der Waals surface area contributed by atoms with E-state index < -0.39 is 0 Å². The van der Waals surface area contributed by atoms with Gasteiger partial charge < -0.3 is 10.2 Å². The second-order valence-corrected chi connectivity index (χ2v) is 6.53. The van der Waals surface area contributed by atoms with Gasteiger partial charge in [0.2, 0.25) is 0 Å². The Hall–Kier alpha value is -2.86. The van der Waals surface area contributed by atoms with Crippen LogP contribution >= 0.6 is 0 Å². The summed E-state index contributed by atoms with van der Waals surface area (Å²) in [6, 6.07) is 14.4. The third kappa shape index (κ3) is 4.03. The second-order valence-electron chi connectivity index (χ2n) is 6.53. The molecule has 1 aromatic carbocycles. The Bertz CT molecular complexity index is 807. The second kappa shape index (κ2) is 8.01. The number of anilines is 1. The largest absolute Gasteiger partial charge is 0.354 e. The van der Waals surface area contributed by atoms with E-state index in [-0.39, 0.29) is 0 Å². The molecule has 0 aliphatic carbocycles. The van der Waals surface area contributed by atoms with Crippen LogP contribution in [0.2, 0.25) is 0 Å². The lowest BCUT2D eigenvalue weighted by Crippen LogP contribution is -2.45. The molecule has 132 valence electrons. The molecule has 6 heteroatoms. The van der Waals surface area contributed by atoms with Gasteiger partial charge in [0.1, 0.15) is 0 Å². The molecule has 1 fully saturated rings. The van der Waals surface area contributed by atoms with Crippen molar-refractivity contribution in [3.8, 4) is 11.4 Å². The zero-order valence-corrected chi connectivity index (χ0v) is 14.6. The van der Waals surface area contributed by atoms with E-state index in [0.717, 1.165) is 48.8 Å². The van der Waals surface area contributed by atoms with Gasteiger partial charge >= 0.3 is 0 Å². The van der Waals surface area contributed by atoms with E-state index in [9.17, 15) is 0 Å². The van der Waals surface area contributed by atoms with E-state index in [2.05, 4.69) is 30.4 Å². The highest BCUT2D eigenvalue weighted by molar-refractivity contribution is 5.53. The molecular formula is C20H22N6. The molecule has 0 radical (unpaired) electrons. The third-order valence-electron chi connectivity index (χ3n) is 4.64. The molecule has 1 N–H and O–H groups in total. The number of hydrogen-bond acceptors (Lipinski definition) is 6. The molecular weight excluding hydrogens is 324 g/mol. The van der Waals surface area contributed by atoms with Crippen molar-refractivity contribution in [3.63, 3.8) is 0 Å². The monoisotopic (exact) mass is 346 g/mol. The number of benzene rings is 1. The van der Waals surface area contributed by atoms with Gasteiger partial charge in [-0.2, -0.15) is 5.10 Å². The van der Waals surface area contributed by atoms with Crippen LogP contribution in [-0.4, -0.2) is 39.3 Å². The summed E-state index contributed by atoms with van der Waals surface area (Å²) in [5.74, 6) is 1.72. The minimum atomic E-state index is 0.430. The lowest BCUT2D eigenvalue weighted by Gasteiger charge is -2.33. The molecule has 0 saturated carbocycles. The van der Waals surface area contributed by atoms with Crippen LogP contribution < -0.4 is 10.2 Å². The van der Waals surface area contributed by atoms with Crippen LogP contribution in [0.4, 0.5) is 5.82 Å². The van der Waals surface area contributed by atoms with Crippen LogP contribution in [0.3, 0.4) is 0 Å². The number of piperidine rings is 1. The van der Waals surface area contributed by atoms with Gasteiger partial charge in [-0.25, -0.2) is 9.97 Å². The first-order chi connectivity index (χ1) is 12.9. The van der Waals surface area contributed by atoms with E-state index >= 15 is 0 Å². The summed E-state index contributed by atoms with van der Waals surface area (Å²) in [4.78, 5) is 11.3. The topological polar surface area (TPSA) is 66.8 Å². The summed E-state index contributed by atoms with van der Waals surface area (Å²) in [6.45, 7) is 2.75. The van der Waals surface area contributed by atoms with E-state index in [1.165, 1.54) is 6.42 Å². The molecule has 0 spiro atoms. The quantitative estimate of drug-likeness (QED) is 0.766. The summed E-state index contributed by atoms with van der Waals surface area (Å²) in [6.07, 6.45) is 7.84. The fraction of sp³-hybridized carbons (Fsp3) is 0.300. The Labute approximate surface area is 153 Å². The number of nitrogens with zero attached hydrogens (tertiary/aromatic N) is 5. The van der Waals surface area contributed by atoms with E-state index in [1.54, 1.807) is 6.20 Å². The Morgan fingerprint density at radius 2 is 1.88 bits per heavy atom. The first-order valence-corrected chi connectivity index (χ1v) is 9.01. The zero-order valence-electron chi connectivity index (χ0n) is 14.6. The molecule has 4 rings (SSSR count). The van der Waals surface area contributed by atoms with Crippen molar-refractivity contribution < 1.29 is 0 Å². The van der Waals surface area contributed by atoms with Gasteiger partial charge in [0.05, 0.1) is 0 Å². The lowest BCUT2D eigenvalue weighted by atomic mass is 10.1. The van der Waals surface area contributed by atoms with Crippen LogP contribution in [0.25, 0.3) is 11.4 Å². The van der Waals surface area contributed by atoms with Crippen LogP contribution in [0.5, 0.6) is 0 Å². The van der Waals surface area contributed by atoms with Crippen LogP contribution in [0.1, 0.15) is 18.4 Å². The molecule has 1 saturated heterocycles. The van der Waals surface area contributed by atoms with Gasteiger partial charge in [-0.05, 0) is 25.0 Å². The fourth-order valence-corrected chi connectivity index (χ4v) is 3.26. The predicted octanol–water partition coefficient (Wildman–Crippen LogP) is 2.69. The average Bonchev–Trinajstić information content (AvgIpc) is 2.74. The number of rotatable bonds is 5. The first kappa shape index (κ1) is 16.6. The maximum atomic E-state index is 4.50. The van der Waals surface area contributed by atoms with Crippen LogP contribution in [0.15, 0.2) is 61.1 Å². The number of aromatic nitrogens is 4. The molecule has 0 bridgehead atoms. The third-order valence-corrected chi connectivity index (χ3v) is 4.64. The minimum Gasteiger partial charge on any atom is -0.354 e. The van der Waals surface area contributed by atoms with Crippen molar-refractivity contribution in [3.05, 3.63) is 66.6 Å². The molecule has 3 aromatic rings. The lowest BCUT2D eigenvalue weighted by molar-refractivity contribution is 0.419. The van der Waals surface area contributed by atoms with Crippen molar-refractivity contribution in [2.45, 2.75) is 25.4 Å². The fourth-order valence-electron chi connectivity index (χ4n) is 3.26. The molecule has 0 unspecified atom stereocenters. The van der Waals surface area contributed by atoms with Gasteiger partial charge in [0, 0.05) is 55.4 Å². The van der Waals surface area contributed by atoms with Crippen molar-refractivity contribution in [2.24, 2.45) is 0 Å². The van der Waals surface area contributed by atoms with Gasteiger partial charge in [-0.3, -0.25) is 0 Å². The van der Waals surface area contributed by atoms with Gasteiger partial charge in [-0.1, -0.05) is 30.3 Å². The maximum absolute atomic E-state index is 4.50. The van der Waals surface area contributed by atoms with E-state index in [1.807, 2.05) is 54.9 Å². The summed E-state index contributed by atoms with van der Waals surface area (Å²) < 4.78 is 0. The predicted molar refractivity (Wildman–Crippen MR) is 102 cm³/mol. The van der Waals surface area contributed by atoms with Crippen molar-refractivity contribution in [1.29, 1.82) is 0 Å². The molecule has 1 atom stereocenters. The molecule has 3 heterocycles. The summed E-state index contributed by atoms with van der Waals surface area (Å²) in [5.41, 5.74) is 2.14. The Kier molecular flexibility index (Phi) is 5.12. The Morgan fingerprint density at radius 3 is 2.65 bits per heavy atom. The highest BCUT2D eigenvalue weighted by Gasteiger charge is 2.20. The first-order valence-electron chi connectivity index (χ1n) is 9.01. The number of nitrogens with one attached hydrogen (secondary N) is 1. The van der Waals surface area contributed by atoms with Crippen LogP contribution in [0, 0.1) is 0 Å². The molecule has 1 aliphatic heterocycles. The van der Waals surface area contributed by atoms with E-state index in [0.29, 0.717) is 6.04 Å². The summed E-state index contributed by atoms with van der Waals surface area (Å²) in [5, 5.41) is 11.8. The van der Waals surface area contributed by atoms with Crippen molar-refractivity contribution in [1.82, 2.24) is 25.5 Å². The van der Waals surface area contributed by atoms with Gasteiger partial charge in [0.15, 0.2) is 11.6 Å². The Balaban J connectivity index is 1.34. The van der Waals surface area contributed by atoms with Gasteiger partial charge in [0.25, 0.3) is 0 Å². The molecule has 26 heavy (non-hydrogen) atoms. The van der Waals surface area contributed by atoms with E-state index in [4.69, 9.17) is 0 Å². The van der Waals surface area contributed by atoms with Gasteiger partial charge in [-0.15, -0.1) is 5.10 Å². The highest BCUT2D eigenvalue weighted by Crippen LogP contribution is 2.17. The molecule has 6 nitrogen and oxygen atoms in total. The highest BCUT2D eigenvalue weighted by atomic mass is 15.3. The Morgan fingerprint density at radius 1 is 1.04 bits per heavy atom. The smallest absolute Gasteiger partial charge is 0.159 e. The standard InChI is InChI=1S/C20H22N6/c1-2-6-17(7-3-1)20-22-13-16(14-23-20)12-21-18-8-5-11-26(15-18)19-9-4-10-24-25-19/h1-4,6-7,9-10,13-14,18,21H,5,8,11-12,15H2/t18-/m0/s1. The average molecular weight is 346 g/mol. The molecule has 2 aromatic heterocycles. The minimum absolute atomic E-state index is 0.430. The molecule has 1 aliphatic rings. The van der Waals surface area contributed by atoms with Crippen LogP contribution in [-0.2, 0) is 6.54 Å². The summed E-state index contributed by atoms with van der Waals surface area (Å²) in [7, 11) is 0. The van der Waals surface area contributed by atoms with Crippen molar-refractivity contribution >= 4 is 5.82 Å². The SMILES string of the molecule is c1ccc(-c2ncc(CN[C@H]3CCCN(c4cccnn4)C3)cn2)cc1. The van der Waals surface area contributed by atoms with Crippen molar-refractivity contribution in [2.75, 3.05) is 18.0 Å². The zero-order chi connectivity index (χ0) is 17.6. The maximum Gasteiger partial charge on any atom is 0.159 e. The normalized spacial score (nSPS) is 17.2. The molecule has 0 amide bonds.